The van der Waals surface area contributed by atoms with Gasteiger partial charge in [0.1, 0.15) is 5.75 Å². The fraction of sp³-hybridized carbons (Fsp3) is 0.364. The first-order chi connectivity index (χ1) is 13.1. The van der Waals surface area contributed by atoms with E-state index in [1.807, 2.05) is 49.4 Å². The lowest BCUT2D eigenvalue weighted by molar-refractivity contribution is -0.124. The second-order valence-electron chi connectivity index (χ2n) is 6.86. The average Bonchev–Trinajstić information content (AvgIpc) is 3.17. The van der Waals surface area contributed by atoms with Gasteiger partial charge in [0.25, 0.3) is 5.91 Å². The quantitative estimate of drug-likeness (QED) is 0.855. The largest absolute Gasteiger partial charge is 0.497 e. The highest BCUT2D eigenvalue weighted by Crippen LogP contribution is 2.34. The topological polar surface area (TPSA) is 58.6 Å². The summed E-state index contributed by atoms with van der Waals surface area (Å²) in [5.74, 6) is 0.357. The van der Waals surface area contributed by atoms with Crippen molar-refractivity contribution in [2.75, 3.05) is 26.7 Å². The minimum Gasteiger partial charge on any atom is -0.497 e. The Labute approximate surface area is 160 Å². The van der Waals surface area contributed by atoms with Gasteiger partial charge in [0.05, 0.1) is 13.0 Å². The van der Waals surface area contributed by atoms with Crippen LogP contribution in [0.2, 0.25) is 0 Å². The molecule has 1 aliphatic heterocycles. The Kier molecular flexibility index (Phi) is 6.12. The van der Waals surface area contributed by atoms with Gasteiger partial charge in [-0.25, -0.2) is 0 Å². The molecule has 2 unspecified atom stereocenters. The van der Waals surface area contributed by atoms with E-state index in [2.05, 4.69) is 5.32 Å². The van der Waals surface area contributed by atoms with Crippen molar-refractivity contribution in [2.45, 2.75) is 19.3 Å². The first-order valence-electron chi connectivity index (χ1n) is 9.40. The zero-order valence-corrected chi connectivity index (χ0v) is 15.9. The van der Waals surface area contributed by atoms with Gasteiger partial charge in [-0.2, -0.15) is 0 Å². The Balaban J connectivity index is 1.83. The number of methoxy groups -OCH3 is 1. The maximum absolute atomic E-state index is 13.0. The van der Waals surface area contributed by atoms with Crippen LogP contribution in [0.15, 0.2) is 54.6 Å². The lowest BCUT2D eigenvalue weighted by Crippen LogP contribution is -2.36. The van der Waals surface area contributed by atoms with Gasteiger partial charge in [-0.3, -0.25) is 9.59 Å². The zero-order valence-electron chi connectivity index (χ0n) is 15.9. The maximum atomic E-state index is 13.0. The first kappa shape index (κ1) is 19.0. The van der Waals surface area contributed by atoms with E-state index in [1.165, 1.54) is 0 Å². The molecule has 0 radical (unpaired) electrons. The van der Waals surface area contributed by atoms with Crippen molar-refractivity contribution in [1.82, 2.24) is 10.2 Å². The van der Waals surface area contributed by atoms with Crippen LogP contribution in [0.3, 0.4) is 0 Å². The summed E-state index contributed by atoms with van der Waals surface area (Å²) in [6, 6.07) is 17.1. The molecule has 1 N–H and O–H groups in total. The highest BCUT2D eigenvalue weighted by atomic mass is 16.5. The smallest absolute Gasteiger partial charge is 0.254 e. The van der Waals surface area contributed by atoms with E-state index >= 15 is 0 Å². The van der Waals surface area contributed by atoms with Crippen molar-refractivity contribution in [1.29, 1.82) is 0 Å². The van der Waals surface area contributed by atoms with Gasteiger partial charge in [-0.15, -0.1) is 0 Å². The van der Waals surface area contributed by atoms with Crippen LogP contribution in [-0.4, -0.2) is 43.5 Å². The van der Waals surface area contributed by atoms with E-state index in [1.54, 1.807) is 24.1 Å². The minimum atomic E-state index is -0.242. The number of rotatable bonds is 6. The molecule has 1 heterocycles. The number of carbonyl (C=O) groups is 2. The molecule has 0 spiro atoms. The van der Waals surface area contributed by atoms with Crippen LogP contribution in [0.5, 0.6) is 5.75 Å². The number of nitrogens with zero attached hydrogens (tertiary/aromatic N) is 1. The third-order valence-corrected chi connectivity index (χ3v) is 5.04. The van der Waals surface area contributed by atoms with E-state index in [9.17, 15) is 9.59 Å². The molecule has 2 aromatic rings. The summed E-state index contributed by atoms with van der Waals surface area (Å²) >= 11 is 0. The molecular weight excluding hydrogens is 340 g/mol. The van der Waals surface area contributed by atoms with Gasteiger partial charge in [-0.05, 0) is 30.2 Å². The Morgan fingerprint density at radius 1 is 1.11 bits per heavy atom. The van der Waals surface area contributed by atoms with Crippen molar-refractivity contribution in [2.24, 2.45) is 5.92 Å². The molecule has 5 heteroatoms. The lowest BCUT2D eigenvalue weighted by Gasteiger charge is -2.17. The Morgan fingerprint density at radius 2 is 1.89 bits per heavy atom. The number of hydrogen-bond donors (Lipinski definition) is 1. The number of carbonyl (C=O) groups excluding carboxylic acids is 2. The number of benzene rings is 2. The summed E-state index contributed by atoms with van der Waals surface area (Å²) in [7, 11) is 1.58. The molecule has 27 heavy (non-hydrogen) atoms. The zero-order chi connectivity index (χ0) is 19.2. The van der Waals surface area contributed by atoms with Gasteiger partial charge in [0.15, 0.2) is 0 Å². The highest BCUT2D eigenvalue weighted by molar-refractivity contribution is 5.95. The van der Waals surface area contributed by atoms with Crippen molar-refractivity contribution in [3.05, 3.63) is 65.7 Å². The molecule has 3 rings (SSSR count). The van der Waals surface area contributed by atoms with Crippen LogP contribution >= 0.6 is 0 Å². The molecule has 2 amide bonds. The molecule has 2 atom stereocenters. The van der Waals surface area contributed by atoms with Crippen LogP contribution in [0.4, 0.5) is 0 Å². The van der Waals surface area contributed by atoms with Crippen molar-refractivity contribution < 1.29 is 14.3 Å². The van der Waals surface area contributed by atoms with Gasteiger partial charge >= 0.3 is 0 Å². The van der Waals surface area contributed by atoms with E-state index in [4.69, 9.17) is 4.74 Å². The molecule has 5 nitrogen and oxygen atoms in total. The lowest BCUT2D eigenvalue weighted by atomic mass is 9.88. The number of hydrogen-bond acceptors (Lipinski definition) is 3. The van der Waals surface area contributed by atoms with Crippen LogP contribution < -0.4 is 10.1 Å². The summed E-state index contributed by atoms with van der Waals surface area (Å²) in [4.78, 5) is 27.5. The fourth-order valence-electron chi connectivity index (χ4n) is 3.59. The minimum absolute atomic E-state index is 0.00221. The Hall–Kier alpha value is -2.82. The second kappa shape index (κ2) is 8.71. The molecule has 2 aromatic carbocycles. The predicted octanol–water partition coefficient (Wildman–Crippen LogP) is 3.08. The van der Waals surface area contributed by atoms with Gasteiger partial charge in [0.2, 0.25) is 5.91 Å². The van der Waals surface area contributed by atoms with Crippen LogP contribution in [0.25, 0.3) is 0 Å². The molecule has 1 fully saturated rings. The third-order valence-electron chi connectivity index (χ3n) is 5.04. The van der Waals surface area contributed by atoms with Crippen LogP contribution in [0.1, 0.15) is 35.2 Å². The summed E-state index contributed by atoms with van der Waals surface area (Å²) in [5.41, 5.74) is 1.67. The average molecular weight is 366 g/mol. The summed E-state index contributed by atoms with van der Waals surface area (Å²) in [5, 5.41) is 2.99. The van der Waals surface area contributed by atoms with Gasteiger partial charge in [-0.1, -0.05) is 43.3 Å². The Bertz CT molecular complexity index is 791. The Morgan fingerprint density at radius 3 is 2.59 bits per heavy atom. The summed E-state index contributed by atoms with van der Waals surface area (Å²) < 4.78 is 5.23. The van der Waals surface area contributed by atoms with Crippen molar-refractivity contribution in [3.63, 3.8) is 0 Å². The van der Waals surface area contributed by atoms with Crippen molar-refractivity contribution in [3.8, 4) is 5.75 Å². The number of nitrogens with one attached hydrogen (secondary N) is 1. The number of likely N-dealkylation sites (tertiary alicyclic amines) is 1. The van der Waals surface area contributed by atoms with Gasteiger partial charge < -0.3 is 15.0 Å². The summed E-state index contributed by atoms with van der Waals surface area (Å²) in [6.45, 7) is 3.64. The summed E-state index contributed by atoms with van der Waals surface area (Å²) in [6.07, 6.45) is 0.890. The molecule has 1 saturated heterocycles. The normalized spacial score (nSPS) is 19.0. The number of amides is 2. The van der Waals surface area contributed by atoms with Crippen LogP contribution in [0, 0.1) is 5.92 Å². The fourth-order valence-corrected chi connectivity index (χ4v) is 3.59. The van der Waals surface area contributed by atoms with Gasteiger partial charge in [0, 0.05) is 31.1 Å². The van der Waals surface area contributed by atoms with E-state index in [0.717, 1.165) is 12.0 Å². The third kappa shape index (κ3) is 4.30. The van der Waals surface area contributed by atoms with E-state index in [0.29, 0.717) is 30.9 Å². The van der Waals surface area contributed by atoms with E-state index < -0.39 is 0 Å². The molecule has 0 saturated carbocycles. The predicted molar refractivity (Wildman–Crippen MR) is 105 cm³/mol. The standard InChI is InChI=1S/C22H26N2O3/c1-3-12-23-21(25)20-15-24(14-19(20)16-8-5-4-6-9-16)22(26)17-10-7-11-18(13-17)27-2/h4-11,13,19-20H,3,12,14-15H2,1-2H3,(H,23,25). The van der Waals surface area contributed by atoms with Crippen molar-refractivity contribution >= 4 is 11.8 Å². The highest BCUT2D eigenvalue weighted by Gasteiger charge is 2.40. The molecular formula is C22H26N2O3. The SMILES string of the molecule is CCCNC(=O)C1CN(C(=O)c2cccc(OC)c2)CC1c1ccccc1. The molecule has 1 aliphatic rings. The van der Waals surface area contributed by atoms with E-state index in [-0.39, 0.29) is 23.7 Å². The monoisotopic (exact) mass is 366 g/mol. The number of ether oxygens (including phenoxy) is 1. The maximum Gasteiger partial charge on any atom is 0.254 e. The van der Waals surface area contributed by atoms with Crippen LogP contribution in [-0.2, 0) is 4.79 Å². The second-order valence-corrected chi connectivity index (χ2v) is 6.86. The molecule has 0 aromatic heterocycles. The first-order valence-corrected chi connectivity index (χ1v) is 9.40. The molecule has 142 valence electrons. The molecule has 0 bridgehead atoms. The molecule has 0 aliphatic carbocycles.